The predicted molar refractivity (Wildman–Crippen MR) is 90.9 cm³/mol. The standard InChI is InChI=1S/C19H16F3N3O2/c1-11(13-4-7-15(21)16(22)10-13)23-17(26)8-9-18-24-19(25-27-18)12-2-5-14(20)6-3-12/h2-7,10-11H,8-9H2,1H3,(H,23,26). The summed E-state index contributed by atoms with van der Waals surface area (Å²) >= 11 is 0. The van der Waals surface area contributed by atoms with Gasteiger partial charge in [0, 0.05) is 18.4 Å². The van der Waals surface area contributed by atoms with Crippen molar-refractivity contribution in [1.82, 2.24) is 15.5 Å². The second-order valence-corrected chi connectivity index (χ2v) is 5.98. The summed E-state index contributed by atoms with van der Waals surface area (Å²) in [5.41, 5.74) is 1.06. The molecule has 0 aliphatic heterocycles. The number of carbonyl (C=O) groups is 1. The summed E-state index contributed by atoms with van der Waals surface area (Å²) in [7, 11) is 0. The number of amides is 1. The van der Waals surface area contributed by atoms with Gasteiger partial charge in [-0.25, -0.2) is 13.2 Å². The number of benzene rings is 2. The van der Waals surface area contributed by atoms with Gasteiger partial charge in [-0.3, -0.25) is 4.79 Å². The molecule has 0 saturated heterocycles. The molecule has 3 aromatic rings. The fourth-order valence-electron chi connectivity index (χ4n) is 2.47. The van der Waals surface area contributed by atoms with Gasteiger partial charge in [0.05, 0.1) is 6.04 Å². The van der Waals surface area contributed by atoms with Gasteiger partial charge in [-0.15, -0.1) is 0 Å². The Morgan fingerprint density at radius 3 is 2.56 bits per heavy atom. The predicted octanol–water partition coefficient (Wildman–Crippen LogP) is 3.96. The van der Waals surface area contributed by atoms with Crippen LogP contribution in [-0.4, -0.2) is 16.0 Å². The van der Waals surface area contributed by atoms with E-state index in [2.05, 4.69) is 15.5 Å². The molecule has 1 atom stereocenters. The van der Waals surface area contributed by atoms with Crippen LogP contribution in [0.4, 0.5) is 13.2 Å². The molecule has 1 heterocycles. The molecule has 0 spiro atoms. The summed E-state index contributed by atoms with van der Waals surface area (Å²) in [5.74, 6) is -1.99. The monoisotopic (exact) mass is 375 g/mol. The minimum atomic E-state index is -0.965. The van der Waals surface area contributed by atoms with Gasteiger partial charge in [0.15, 0.2) is 11.6 Å². The average Bonchev–Trinajstić information content (AvgIpc) is 3.12. The van der Waals surface area contributed by atoms with E-state index in [0.29, 0.717) is 17.0 Å². The highest BCUT2D eigenvalue weighted by Gasteiger charge is 2.14. The molecule has 2 aromatic carbocycles. The van der Waals surface area contributed by atoms with Crippen LogP contribution in [-0.2, 0) is 11.2 Å². The fraction of sp³-hybridized carbons (Fsp3) is 0.211. The number of aromatic nitrogens is 2. The van der Waals surface area contributed by atoms with Crippen LogP contribution in [0.5, 0.6) is 0 Å². The van der Waals surface area contributed by atoms with E-state index < -0.39 is 17.7 Å². The number of rotatable bonds is 6. The van der Waals surface area contributed by atoms with E-state index in [1.165, 1.54) is 30.3 Å². The number of hydrogen-bond donors (Lipinski definition) is 1. The van der Waals surface area contributed by atoms with Crippen molar-refractivity contribution in [3.8, 4) is 11.4 Å². The first-order valence-electron chi connectivity index (χ1n) is 8.25. The maximum atomic E-state index is 13.3. The smallest absolute Gasteiger partial charge is 0.227 e. The third-order valence-electron chi connectivity index (χ3n) is 3.96. The Labute approximate surface area is 153 Å². The maximum Gasteiger partial charge on any atom is 0.227 e. The first-order chi connectivity index (χ1) is 12.9. The van der Waals surface area contributed by atoms with Crippen molar-refractivity contribution in [2.75, 3.05) is 0 Å². The fourth-order valence-corrected chi connectivity index (χ4v) is 2.47. The number of carbonyl (C=O) groups excluding carboxylic acids is 1. The molecule has 1 aromatic heterocycles. The summed E-state index contributed by atoms with van der Waals surface area (Å²) in [6.45, 7) is 1.67. The highest BCUT2D eigenvalue weighted by Crippen LogP contribution is 2.18. The Morgan fingerprint density at radius 2 is 1.85 bits per heavy atom. The minimum absolute atomic E-state index is 0.0824. The number of nitrogens with zero attached hydrogens (tertiary/aromatic N) is 2. The SMILES string of the molecule is CC(NC(=O)CCc1nc(-c2ccc(F)cc2)no1)c1ccc(F)c(F)c1. The number of hydrogen-bond acceptors (Lipinski definition) is 4. The molecule has 8 heteroatoms. The zero-order valence-corrected chi connectivity index (χ0v) is 14.4. The Morgan fingerprint density at radius 1 is 1.11 bits per heavy atom. The number of aryl methyl sites for hydroxylation is 1. The first kappa shape index (κ1) is 18.6. The summed E-state index contributed by atoms with van der Waals surface area (Å²) in [6.07, 6.45) is 0.295. The van der Waals surface area contributed by atoms with Gasteiger partial charge in [-0.1, -0.05) is 11.2 Å². The summed E-state index contributed by atoms with van der Waals surface area (Å²) in [4.78, 5) is 16.2. The number of halogens is 3. The Balaban J connectivity index is 1.54. The van der Waals surface area contributed by atoms with Crippen LogP contribution < -0.4 is 5.32 Å². The van der Waals surface area contributed by atoms with Gasteiger partial charge in [-0.2, -0.15) is 4.98 Å². The second kappa shape index (κ2) is 8.03. The van der Waals surface area contributed by atoms with E-state index in [4.69, 9.17) is 4.52 Å². The van der Waals surface area contributed by atoms with E-state index in [1.807, 2.05) is 0 Å². The third kappa shape index (κ3) is 4.72. The molecule has 0 radical (unpaired) electrons. The highest BCUT2D eigenvalue weighted by molar-refractivity contribution is 5.76. The minimum Gasteiger partial charge on any atom is -0.350 e. The molecule has 1 N–H and O–H groups in total. The molecule has 0 fully saturated rings. The largest absolute Gasteiger partial charge is 0.350 e. The highest BCUT2D eigenvalue weighted by atomic mass is 19.2. The summed E-state index contributed by atoms with van der Waals surface area (Å²) < 4.78 is 44.3. The lowest BCUT2D eigenvalue weighted by atomic mass is 10.1. The van der Waals surface area contributed by atoms with Crippen LogP contribution in [0.15, 0.2) is 47.0 Å². The molecule has 27 heavy (non-hydrogen) atoms. The summed E-state index contributed by atoms with van der Waals surface area (Å²) in [6, 6.07) is 8.63. The molecule has 1 unspecified atom stereocenters. The molecule has 0 bridgehead atoms. The Hall–Kier alpha value is -3.16. The van der Waals surface area contributed by atoms with Crippen molar-refractivity contribution in [2.24, 2.45) is 0 Å². The van der Waals surface area contributed by atoms with Crippen LogP contribution in [0.3, 0.4) is 0 Å². The van der Waals surface area contributed by atoms with Crippen molar-refractivity contribution in [1.29, 1.82) is 0 Å². The molecular formula is C19H16F3N3O2. The molecule has 5 nitrogen and oxygen atoms in total. The van der Waals surface area contributed by atoms with Crippen LogP contribution in [0.2, 0.25) is 0 Å². The quantitative estimate of drug-likeness (QED) is 0.708. The molecule has 3 rings (SSSR count). The van der Waals surface area contributed by atoms with Gasteiger partial charge in [0.1, 0.15) is 5.82 Å². The lowest BCUT2D eigenvalue weighted by Crippen LogP contribution is -2.27. The molecule has 0 aliphatic rings. The van der Waals surface area contributed by atoms with Gasteiger partial charge in [0.2, 0.25) is 17.6 Å². The third-order valence-corrected chi connectivity index (χ3v) is 3.96. The van der Waals surface area contributed by atoms with Crippen molar-refractivity contribution in [3.63, 3.8) is 0 Å². The summed E-state index contributed by atoms with van der Waals surface area (Å²) in [5, 5.41) is 6.50. The van der Waals surface area contributed by atoms with Gasteiger partial charge in [0.25, 0.3) is 0 Å². The second-order valence-electron chi connectivity index (χ2n) is 5.98. The lowest BCUT2D eigenvalue weighted by Gasteiger charge is -2.14. The van der Waals surface area contributed by atoms with Gasteiger partial charge >= 0.3 is 0 Å². The zero-order valence-electron chi connectivity index (χ0n) is 14.4. The lowest BCUT2D eigenvalue weighted by molar-refractivity contribution is -0.121. The molecule has 0 saturated carbocycles. The van der Waals surface area contributed by atoms with E-state index >= 15 is 0 Å². The van der Waals surface area contributed by atoms with Crippen molar-refractivity contribution < 1.29 is 22.5 Å². The van der Waals surface area contributed by atoms with E-state index in [9.17, 15) is 18.0 Å². The van der Waals surface area contributed by atoms with Gasteiger partial charge in [-0.05, 0) is 48.9 Å². The van der Waals surface area contributed by atoms with Crippen molar-refractivity contribution in [2.45, 2.75) is 25.8 Å². The van der Waals surface area contributed by atoms with Crippen molar-refractivity contribution >= 4 is 5.91 Å². The molecular weight excluding hydrogens is 359 g/mol. The topological polar surface area (TPSA) is 68.0 Å². The van der Waals surface area contributed by atoms with Crippen LogP contribution in [0, 0.1) is 17.5 Å². The molecule has 140 valence electrons. The van der Waals surface area contributed by atoms with E-state index in [-0.39, 0.29) is 30.5 Å². The van der Waals surface area contributed by atoms with Gasteiger partial charge < -0.3 is 9.84 Å². The molecule has 1 amide bonds. The normalized spacial score (nSPS) is 12.0. The zero-order chi connectivity index (χ0) is 19.4. The molecule has 0 aliphatic carbocycles. The van der Waals surface area contributed by atoms with Crippen LogP contribution in [0.1, 0.15) is 30.8 Å². The van der Waals surface area contributed by atoms with Crippen molar-refractivity contribution in [3.05, 3.63) is 71.4 Å². The maximum absolute atomic E-state index is 13.3. The van der Waals surface area contributed by atoms with Crippen LogP contribution in [0.25, 0.3) is 11.4 Å². The Bertz CT molecular complexity index is 942. The Kier molecular flexibility index (Phi) is 5.54. The van der Waals surface area contributed by atoms with Crippen LogP contribution >= 0.6 is 0 Å². The van der Waals surface area contributed by atoms with E-state index in [0.717, 1.165) is 12.1 Å². The van der Waals surface area contributed by atoms with E-state index in [1.54, 1.807) is 6.92 Å². The number of nitrogens with one attached hydrogen (secondary N) is 1. The first-order valence-corrected chi connectivity index (χ1v) is 8.25. The average molecular weight is 375 g/mol.